The summed E-state index contributed by atoms with van der Waals surface area (Å²) in [6, 6.07) is 6.97. The maximum absolute atomic E-state index is 12.8. The summed E-state index contributed by atoms with van der Waals surface area (Å²) in [5.74, 6) is 0.697. The summed E-state index contributed by atoms with van der Waals surface area (Å²) in [5.41, 5.74) is 1.15. The highest BCUT2D eigenvalue weighted by atomic mass is 32.2. The Morgan fingerprint density at radius 2 is 1.67 bits per heavy atom. The van der Waals surface area contributed by atoms with Gasteiger partial charge >= 0.3 is 10.1 Å². The van der Waals surface area contributed by atoms with Crippen LogP contribution in [0.4, 0.5) is 0 Å². The molecule has 0 aromatic heterocycles. The van der Waals surface area contributed by atoms with E-state index in [9.17, 15) is 13.2 Å². The Morgan fingerprint density at radius 1 is 1.11 bits per heavy atom. The number of hydrogen-bond acceptors (Lipinski definition) is 4. The molecule has 0 saturated carbocycles. The van der Waals surface area contributed by atoms with Gasteiger partial charge in [0.1, 0.15) is 5.75 Å². The van der Waals surface area contributed by atoms with Crippen molar-refractivity contribution in [3.8, 4) is 5.75 Å². The summed E-state index contributed by atoms with van der Waals surface area (Å²) in [7, 11) is -3.53. The first-order chi connectivity index (χ1) is 12.3. The van der Waals surface area contributed by atoms with Crippen LogP contribution in [-0.2, 0) is 21.5 Å². The minimum atomic E-state index is -3.53. The zero-order chi connectivity index (χ0) is 20.8. The first kappa shape index (κ1) is 23.5. The summed E-state index contributed by atoms with van der Waals surface area (Å²) in [5, 5.41) is 0. The summed E-state index contributed by atoms with van der Waals surface area (Å²) in [6.07, 6.45) is 1.54. The quantitative estimate of drug-likeness (QED) is 0.571. The van der Waals surface area contributed by atoms with Crippen molar-refractivity contribution in [2.45, 2.75) is 73.9 Å². The van der Waals surface area contributed by atoms with Crippen LogP contribution < -0.4 is 4.18 Å². The fraction of sp³-hybridized carbons (Fsp3) is 0.667. The maximum atomic E-state index is 12.8. The topological polar surface area (TPSA) is 63.7 Å². The fourth-order valence-electron chi connectivity index (χ4n) is 3.14. The van der Waals surface area contributed by atoms with Crippen LogP contribution in [0.3, 0.4) is 0 Å². The Hall–Kier alpha value is -1.56. The van der Waals surface area contributed by atoms with Crippen LogP contribution in [-0.4, -0.2) is 31.0 Å². The molecule has 6 heteroatoms. The van der Waals surface area contributed by atoms with Crippen LogP contribution in [0, 0.1) is 11.3 Å². The van der Waals surface area contributed by atoms with E-state index in [0.29, 0.717) is 24.6 Å². The molecule has 1 rings (SSSR count). The summed E-state index contributed by atoms with van der Waals surface area (Å²) < 4.78 is 28.1. The van der Waals surface area contributed by atoms with E-state index in [4.69, 9.17) is 4.18 Å². The number of hydrogen-bond donors (Lipinski definition) is 0. The van der Waals surface area contributed by atoms with Gasteiger partial charge in [0, 0.05) is 19.0 Å². The number of rotatable bonds is 9. The molecule has 1 atom stereocenters. The van der Waals surface area contributed by atoms with E-state index in [1.807, 2.05) is 30.9 Å². The minimum Gasteiger partial charge on any atom is -0.382 e. The number of benzene rings is 1. The highest BCUT2D eigenvalue weighted by molar-refractivity contribution is 7.87. The van der Waals surface area contributed by atoms with Gasteiger partial charge in [0.2, 0.25) is 5.91 Å². The minimum absolute atomic E-state index is 0.0723. The van der Waals surface area contributed by atoms with Gasteiger partial charge in [0.25, 0.3) is 0 Å². The molecule has 1 aromatic rings. The molecular weight excluding hydrogens is 362 g/mol. The van der Waals surface area contributed by atoms with E-state index in [-0.39, 0.29) is 23.1 Å². The molecule has 27 heavy (non-hydrogen) atoms. The average molecular weight is 398 g/mol. The van der Waals surface area contributed by atoms with Crippen LogP contribution in [0.1, 0.15) is 66.9 Å². The van der Waals surface area contributed by atoms with Crippen molar-refractivity contribution >= 4 is 16.0 Å². The third-order valence-corrected chi connectivity index (χ3v) is 5.43. The van der Waals surface area contributed by atoms with Crippen LogP contribution in [0.5, 0.6) is 5.75 Å². The summed E-state index contributed by atoms with van der Waals surface area (Å²) in [6.45, 7) is 14.8. The Morgan fingerprint density at radius 3 is 2.11 bits per heavy atom. The second-order valence-corrected chi connectivity index (χ2v) is 10.6. The predicted molar refractivity (Wildman–Crippen MR) is 110 cm³/mol. The Kier molecular flexibility index (Phi) is 8.33. The van der Waals surface area contributed by atoms with Crippen molar-refractivity contribution < 1.29 is 17.4 Å². The lowest BCUT2D eigenvalue weighted by Gasteiger charge is -2.30. The van der Waals surface area contributed by atoms with E-state index >= 15 is 0 Å². The molecule has 5 nitrogen and oxygen atoms in total. The lowest BCUT2D eigenvalue weighted by Crippen LogP contribution is -2.37. The lowest BCUT2D eigenvalue weighted by atomic mass is 9.84. The molecular formula is C21H35NO4S. The highest BCUT2D eigenvalue weighted by Gasteiger charge is 2.22. The molecule has 1 aromatic carbocycles. The summed E-state index contributed by atoms with van der Waals surface area (Å²) >= 11 is 0. The predicted octanol–water partition coefficient (Wildman–Crippen LogP) is 4.61. The maximum Gasteiger partial charge on any atom is 0.308 e. The molecule has 0 saturated heterocycles. The van der Waals surface area contributed by atoms with Gasteiger partial charge in [-0.3, -0.25) is 4.79 Å². The first-order valence-electron chi connectivity index (χ1n) is 9.63. The van der Waals surface area contributed by atoms with Gasteiger partial charge in [-0.1, -0.05) is 39.8 Å². The molecule has 0 fully saturated rings. The van der Waals surface area contributed by atoms with Crippen LogP contribution in [0.15, 0.2) is 24.3 Å². The number of nitrogens with zero attached hydrogens (tertiary/aromatic N) is 1. The van der Waals surface area contributed by atoms with Crippen molar-refractivity contribution in [1.29, 1.82) is 0 Å². The largest absolute Gasteiger partial charge is 0.382 e. The molecule has 0 unspecified atom stereocenters. The average Bonchev–Trinajstić information content (AvgIpc) is 2.51. The van der Waals surface area contributed by atoms with Crippen molar-refractivity contribution in [2.75, 3.05) is 5.75 Å². The van der Waals surface area contributed by atoms with Gasteiger partial charge in [-0.15, -0.1) is 0 Å². The van der Waals surface area contributed by atoms with Crippen molar-refractivity contribution in [1.82, 2.24) is 4.90 Å². The van der Waals surface area contributed by atoms with E-state index < -0.39 is 10.1 Å². The van der Waals surface area contributed by atoms with Gasteiger partial charge in [-0.2, -0.15) is 8.42 Å². The third kappa shape index (κ3) is 8.78. The third-order valence-electron chi connectivity index (χ3n) is 4.28. The first-order valence-corrected chi connectivity index (χ1v) is 11.2. The lowest BCUT2D eigenvalue weighted by molar-refractivity contribution is -0.134. The molecule has 0 radical (unpaired) electrons. The van der Waals surface area contributed by atoms with Crippen molar-refractivity contribution in [3.63, 3.8) is 0 Å². The Balaban J connectivity index is 2.78. The van der Waals surface area contributed by atoms with E-state index in [1.54, 1.807) is 12.1 Å². The molecule has 154 valence electrons. The van der Waals surface area contributed by atoms with Gasteiger partial charge in [-0.25, -0.2) is 0 Å². The second-order valence-electron chi connectivity index (χ2n) is 8.76. The van der Waals surface area contributed by atoms with Crippen LogP contribution in [0.25, 0.3) is 0 Å². The highest BCUT2D eigenvalue weighted by Crippen LogP contribution is 2.27. The fourth-order valence-corrected chi connectivity index (χ4v) is 3.67. The zero-order valence-corrected chi connectivity index (χ0v) is 18.6. The smallest absolute Gasteiger partial charge is 0.308 e. The van der Waals surface area contributed by atoms with E-state index in [0.717, 1.165) is 12.0 Å². The second kappa shape index (κ2) is 9.58. The molecule has 0 spiro atoms. The number of carbonyl (C=O) groups excluding carboxylic acids is 1. The van der Waals surface area contributed by atoms with E-state index in [1.165, 1.54) is 6.92 Å². The molecule has 0 heterocycles. The van der Waals surface area contributed by atoms with Gasteiger partial charge in [-0.05, 0) is 56.2 Å². The Bertz CT molecular complexity index is 703. The molecule has 0 aliphatic carbocycles. The number of carbonyl (C=O) groups is 1. The molecule has 0 N–H and O–H groups in total. The van der Waals surface area contributed by atoms with Crippen molar-refractivity contribution in [2.24, 2.45) is 11.3 Å². The van der Waals surface area contributed by atoms with Crippen molar-refractivity contribution in [3.05, 3.63) is 29.8 Å². The normalized spacial score (nSPS) is 13.5. The van der Waals surface area contributed by atoms with Gasteiger partial charge in [0.15, 0.2) is 0 Å². The molecule has 1 amide bonds. The van der Waals surface area contributed by atoms with E-state index in [2.05, 4.69) is 27.7 Å². The molecule has 0 aliphatic heterocycles. The Labute approximate surface area is 165 Å². The van der Waals surface area contributed by atoms with Crippen LogP contribution in [0.2, 0.25) is 0 Å². The summed E-state index contributed by atoms with van der Waals surface area (Å²) in [4.78, 5) is 14.7. The molecule has 0 bridgehead atoms. The standard InChI is InChI=1S/C21H35NO4S/c1-8-27(24,25)26-19-11-9-18(10-12-19)15-22(16(2)3)20(23)13-17(4)14-21(5,6)7/h9-12,16-17H,8,13-15H2,1-7H3/t17-/m1/s1. The van der Waals surface area contributed by atoms with Gasteiger partial charge < -0.3 is 9.08 Å². The molecule has 0 aliphatic rings. The van der Waals surface area contributed by atoms with Gasteiger partial charge in [0.05, 0.1) is 5.75 Å². The van der Waals surface area contributed by atoms with Crippen LogP contribution >= 0.6 is 0 Å². The number of amides is 1. The zero-order valence-electron chi connectivity index (χ0n) is 17.8. The monoisotopic (exact) mass is 397 g/mol. The SMILES string of the molecule is CCS(=O)(=O)Oc1ccc(CN(C(=O)C[C@@H](C)CC(C)(C)C)C(C)C)cc1.